The van der Waals surface area contributed by atoms with E-state index in [4.69, 9.17) is 4.74 Å². The minimum atomic E-state index is -5.75. The van der Waals surface area contributed by atoms with Crippen LogP contribution in [0.5, 0.6) is 5.75 Å². The van der Waals surface area contributed by atoms with Crippen molar-refractivity contribution in [3.8, 4) is 16.9 Å². The van der Waals surface area contributed by atoms with Crippen LogP contribution in [0.4, 0.5) is 13.2 Å². The fourth-order valence-corrected chi connectivity index (χ4v) is 3.48. The number of esters is 1. The Bertz CT molecular complexity index is 976. The summed E-state index contributed by atoms with van der Waals surface area (Å²) >= 11 is 0. The van der Waals surface area contributed by atoms with Crippen molar-refractivity contribution in [2.24, 2.45) is 7.05 Å². The predicted octanol–water partition coefficient (Wildman–Crippen LogP) is 3.97. The lowest BCUT2D eigenvalue weighted by Gasteiger charge is -2.11. The molecule has 2 rings (SSSR count). The van der Waals surface area contributed by atoms with E-state index in [1.165, 1.54) is 12.1 Å². The van der Waals surface area contributed by atoms with E-state index in [9.17, 15) is 26.4 Å². The Morgan fingerprint density at radius 3 is 2.18 bits per heavy atom. The Labute approximate surface area is 161 Å². The van der Waals surface area contributed by atoms with Gasteiger partial charge < -0.3 is 13.5 Å². The molecule has 0 N–H and O–H groups in total. The van der Waals surface area contributed by atoms with E-state index < -0.39 is 27.3 Å². The van der Waals surface area contributed by atoms with Gasteiger partial charge in [-0.25, -0.2) is 4.79 Å². The number of aromatic nitrogens is 1. The molecular formula is C18H20F3NO5S. The normalized spacial score (nSPS) is 12.1. The number of rotatable bonds is 6. The van der Waals surface area contributed by atoms with Gasteiger partial charge in [-0.2, -0.15) is 21.6 Å². The van der Waals surface area contributed by atoms with Crippen molar-refractivity contribution in [2.75, 3.05) is 6.61 Å². The van der Waals surface area contributed by atoms with Gasteiger partial charge in [0.2, 0.25) is 0 Å². The quantitative estimate of drug-likeness (QED) is 0.402. The Balaban J connectivity index is 2.50. The van der Waals surface area contributed by atoms with Gasteiger partial charge >= 0.3 is 21.6 Å². The first-order valence-corrected chi connectivity index (χ1v) is 9.81. The van der Waals surface area contributed by atoms with Crippen molar-refractivity contribution in [1.29, 1.82) is 0 Å². The van der Waals surface area contributed by atoms with Gasteiger partial charge in [-0.1, -0.05) is 19.1 Å². The van der Waals surface area contributed by atoms with E-state index in [1.54, 1.807) is 18.5 Å². The molecule has 1 aromatic carbocycles. The summed E-state index contributed by atoms with van der Waals surface area (Å²) in [6, 6.07) is 4.99. The van der Waals surface area contributed by atoms with Gasteiger partial charge in [0.25, 0.3) is 0 Å². The van der Waals surface area contributed by atoms with E-state index in [0.29, 0.717) is 23.2 Å². The molecule has 28 heavy (non-hydrogen) atoms. The van der Waals surface area contributed by atoms with Gasteiger partial charge in [-0.3, -0.25) is 0 Å². The number of carbonyl (C=O) groups excluding carboxylic acids is 1. The zero-order valence-electron chi connectivity index (χ0n) is 15.8. The maximum absolute atomic E-state index is 12.4. The first-order valence-electron chi connectivity index (χ1n) is 8.41. The third-order valence-electron chi connectivity index (χ3n) is 4.22. The van der Waals surface area contributed by atoms with Crippen LogP contribution in [0.1, 0.15) is 35.6 Å². The summed E-state index contributed by atoms with van der Waals surface area (Å²) in [5.41, 5.74) is -2.39. The van der Waals surface area contributed by atoms with Crippen LogP contribution in [0.25, 0.3) is 11.1 Å². The Kier molecular flexibility index (Phi) is 6.12. The summed E-state index contributed by atoms with van der Waals surface area (Å²) < 4.78 is 70.5. The highest BCUT2D eigenvalue weighted by Crippen LogP contribution is 2.34. The van der Waals surface area contributed by atoms with Gasteiger partial charge in [-0.05, 0) is 43.5 Å². The SMILES string of the molecule is CCOC(=O)c1c(-c2ccc(OS(=O)(=O)C(F)(F)F)cc2)c(C)c(CC)n1C. The minimum Gasteiger partial charge on any atom is -0.461 e. The molecule has 2 aromatic rings. The monoisotopic (exact) mass is 419 g/mol. The maximum atomic E-state index is 12.4. The average Bonchev–Trinajstić information content (AvgIpc) is 2.84. The van der Waals surface area contributed by atoms with E-state index in [1.807, 2.05) is 13.8 Å². The van der Waals surface area contributed by atoms with E-state index in [-0.39, 0.29) is 6.61 Å². The Morgan fingerprint density at radius 2 is 1.71 bits per heavy atom. The summed E-state index contributed by atoms with van der Waals surface area (Å²) in [4.78, 5) is 12.4. The zero-order chi connectivity index (χ0) is 21.3. The molecule has 0 aliphatic heterocycles. The number of benzene rings is 1. The smallest absolute Gasteiger partial charge is 0.461 e. The molecule has 0 atom stereocenters. The van der Waals surface area contributed by atoms with E-state index >= 15 is 0 Å². The third-order valence-corrected chi connectivity index (χ3v) is 5.20. The topological polar surface area (TPSA) is 74.6 Å². The van der Waals surface area contributed by atoms with E-state index in [0.717, 1.165) is 23.4 Å². The maximum Gasteiger partial charge on any atom is 0.534 e. The lowest BCUT2D eigenvalue weighted by atomic mass is 10.0. The summed E-state index contributed by atoms with van der Waals surface area (Å²) in [7, 11) is -4.02. The first kappa shape index (κ1) is 21.8. The van der Waals surface area contributed by atoms with Crippen LogP contribution in [-0.4, -0.2) is 31.1 Å². The summed E-state index contributed by atoms with van der Waals surface area (Å²) in [5, 5.41) is 0. The minimum absolute atomic E-state index is 0.187. The molecule has 0 bridgehead atoms. The van der Waals surface area contributed by atoms with Crippen LogP contribution in [0, 0.1) is 6.92 Å². The second kappa shape index (κ2) is 7.86. The van der Waals surface area contributed by atoms with Gasteiger partial charge in [-0.15, -0.1) is 0 Å². The van der Waals surface area contributed by atoms with Crippen molar-refractivity contribution in [1.82, 2.24) is 4.57 Å². The standard InChI is InChI=1S/C18H20F3NO5S/c1-5-14-11(3)15(16(22(14)4)17(23)26-6-2)12-7-9-13(10-8-12)27-28(24,25)18(19,20)21/h7-10H,5-6H2,1-4H3. The second-order valence-corrected chi connectivity index (χ2v) is 7.47. The highest BCUT2D eigenvalue weighted by molar-refractivity contribution is 7.88. The fraction of sp³-hybridized carbons (Fsp3) is 0.389. The predicted molar refractivity (Wildman–Crippen MR) is 96.5 cm³/mol. The molecule has 0 saturated heterocycles. The molecule has 0 radical (unpaired) electrons. The van der Waals surface area contributed by atoms with Crippen LogP contribution >= 0.6 is 0 Å². The summed E-state index contributed by atoms with van der Waals surface area (Å²) in [5.74, 6) is -1.01. The van der Waals surface area contributed by atoms with Crippen LogP contribution in [-0.2, 0) is 28.3 Å². The van der Waals surface area contributed by atoms with Crippen molar-refractivity contribution >= 4 is 16.1 Å². The molecule has 0 aliphatic rings. The lowest BCUT2D eigenvalue weighted by Crippen LogP contribution is -2.28. The summed E-state index contributed by atoms with van der Waals surface area (Å²) in [6.07, 6.45) is 0.653. The number of alkyl halides is 3. The zero-order valence-corrected chi connectivity index (χ0v) is 16.6. The van der Waals surface area contributed by atoms with Crippen LogP contribution in [0.2, 0.25) is 0 Å². The molecule has 154 valence electrons. The average molecular weight is 419 g/mol. The molecular weight excluding hydrogens is 399 g/mol. The van der Waals surface area contributed by atoms with Crippen molar-refractivity contribution in [3.63, 3.8) is 0 Å². The number of hydrogen-bond donors (Lipinski definition) is 0. The highest BCUT2D eigenvalue weighted by Gasteiger charge is 2.48. The molecule has 0 fully saturated rings. The van der Waals surface area contributed by atoms with Crippen molar-refractivity contribution < 1.29 is 35.3 Å². The van der Waals surface area contributed by atoms with E-state index in [2.05, 4.69) is 4.18 Å². The van der Waals surface area contributed by atoms with Gasteiger partial charge in [0.05, 0.1) is 6.61 Å². The lowest BCUT2D eigenvalue weighted by molar-refractivity contribution is -0.0500. The molecule has 0 saturated carbocycles. The Hall–Kier alpha value is -2.49. The molecule has 10 heteroatoms. The molecule has 1 heterocycles. The molecule has 0 amide bonds. The van der Waals surface area contributed by atoms with Crippen LogP contribution in [0.15, 0.2) is 24.3 Å². The largest absolute Gasteiger partial charge is 0.534 e. The highest BCUT2D eigenvalue weighted by atomic mass is 32.2. The first-order chi connectivity index (χ1) is 12.9. The van der Waals surface area contributed by atoms with Gasteiger partial charge in [0, 0.05) is 18.3 Å². The number of hydrogen-bond acceptors (Lipinski definition) is 5. The number of nitrogens with zero attached hydrogens (tertiary/aromatic N) is 1. The van der Waals surface area contributed by atoms with Crippen LogP contribution in [0.3, 0.4) is 0 Å². The number of ether oxygens (including phenoxy) is 1. The van der Waals surface area contributed by atoms with Crippen LogP contribution < -0.4 is 4.18 Å². The van der Waals surface area contributed by atoms with Crippen molar-refractivity contribution in [2.45, 2.75) is 32.7 Å². The van der Waals surface area contributed by atoms with Crippen molar-refractivity contribution in [3.05, 3.63) is 41.2 Å². The summed E-state index contributed by atoms with van der Waals surface area (Å²) in [6.45, 7) is 5.63. The van der Waals surface area contributed by atoms with Gasteiger partial charge in [0.1, 0.15) is 11.4 Å². The third kappa shape index (κ3) is 4.01. The fourth-order valence-electron chi connectivity index (χ4n) is 3.02. The number of carbonyl (C=O) groups is 1. The molecule has 0 unspecified atom stereocenters. The molecule has 6 nitrogen and oxygen atoms in total. The second-order valence-electron chi connectivity index (χ2n) is 5.94. The molecule has 0 aliphatic carbocycles. The molecule has 1 aromatic heterocycles. The van der Waals surface area contributed by atoms with Gasteiger partial charge in [0.15, 0.2) is 0 Å². The molecule has 0 spiro atoms. The Morgan fingerprint density at radius 1 is 1.14 bits per heavy atom. The number of halogens is 3.